The summed E-state index contributed by atoms with van der Waals surface area (Å²) in [5.41, 5.74) is 1.82. The van der Waals surface area contributed by atoms with Gasteiger partial charge in [-0.2, -0.15) is 0 Å². The van der Waals surface area contributed by atoms with E-state index in [2.05, 4.69) is 4.98 Å². The van der Waals surface area contributed by atoms with E-state index in [0.717, 1.165) is 11.1 Å². The van der Waals surface area contributed by atoms with Crippen LogP contribution in [0.1, 0.15) is 38.8 Å². The Morgan fingerprint density at radius 2 is 1.95 bits per heavy atom. The first-order chi connectivity index (χ1) is 8.86. The van der Waals surface area contributed by atoms with E-state index in [1.54, 1.807) is 29.4 Å². The molecule has 0 amide bonds. The third kappa shape index (κ3) is 2.30. The molecule has 0 saturated heterocycles. The lowest BCUT2D eigenvalue weighted by atomic mass is 9.84. The lowest BCUT2D eigenvalue weighted by molar-refractivity contribution is 0.429. The molecule has 19 heavy (non-hydrogen) atoms. The molecule has 0 bridgehead atoms. The maximum Gasteiger partial charge on any atom is 0.143 e. The maximum absolute atomic E-state index is 10.6. The molecule has 0 saturated carbocycles. The molecule has 4 nitrogen and oxygen atoms in total. The third-order valence-electron chi connectivity index (χ3n) is 3.28. The topological polar surface area (TPSA) is 58.3 Å². The number of phenols is 2. The van der Waals surface area contributed by atoms with Crippen LogP contribution in [0.25, 0.3) is 5.69 Å². The zero-order valence-corrected chi connectivity index (χ0v) is 11.8. The predicted octanol–water partition coefficient (Wildman–Crippen LogP) is 3.14. The van der Waals surface area contributed by atoms with Gasteiger partial charge < -0.3 is 14.8 Å². The molecule has 102 valence electrons. The Balaban J connectivity index is 2.79. The molecule has 0 aliphatic rings. The van der Waals surface area contributed by atoms with Gasteiger partial charge in [0.05, 0.1) is 12.0 Å². The minimum Gasteiger partial charge on any atom is -0.508 e. The summed E-state index contributed by atoms with van der Waals surface area (Å²) in [5.74, 6) is 0.425. The second-order valence-corrected chi connectivity index (χ2v) is 5.69. The molecule has 0 aliphatic carbocycles. The quantitative estimate of drug-likeness (QED) is 0.815. The first-order valence-corrected chi connectivity index (χ1v) is 6.42. The lowest BCUT2D eigenvalue weighted by Crippen LogP contribution is -2.13. The van der Waals surface area contributed by atoms with E-state index >= 15 is 0 Å². The molecule has 0 unspecified atom stereocenters. The van der Waals surface area contributed by atoms with Crippen molar-refractivity contribution in [3.63, 3.8) is 0 Å². The van der Waals surface area contributed by atoms with Crippen molar-refractivity contribution in [1.82, 2.24) is 9.55 Å². The van der Waals surface area contributed by atoms with Gasteiger partial charge in [0, 0.05) is 23.5 Å². The van der Waals surface area contributed by atoms with Crippen LogP contribution >= 0.6 is 0 Å². The number of benzene rings is 1. The Hall–Kier alpha value is -1.97. The molecular formula is C15H20N2O2. The Morgan fingerprint density at radius 3 is 2.42 bits per heavy atom. The molecule has 4 heteroatoms. The van der Waals surface area contributed by atoms with Crippen LogP contribution in [0.5, 0.6) is 11.5 Å². The first kappa shape index (κ1) is 13.5. The van der Waals surface area contributed by atoms with Crippen LogP contribution in [-0.2, 0) is 11.8 Å². The summed E-state index contributed by atoms with van der Waals surface area (Å²) in [6, 6.07) is 1.66. The van der Waals surface area contributed by atoms with Crippen molar-refractivity contribution >= 4 is 0 Å². The van der Waals surface area contributed by atoms with Gasteiger partial charge in [0.25, 0.3) is 0 Å². The molecule has 0 radical (unpaired) electrons. The first-order valence-electron chi connectivity index (χ1n) is 6.42. The van der Waals surface area contributed by atoms with Crippen LogP contribution in [0.15, 0.2) is 24.8 Å². The van der Waals surface area contributed by atoms with E-state index in [0.29, 0.717) is 12.1 Å². The highest BCUT2D eigenvalue weighted by Crippen LogP contribution is 2.41. The fourth-order valence-electron chi connectivity index (χ4n) is 2.27. The number of hydrogen-bond donors (Lipinski definition) is 2. The Labute approximate surface area is 113 Å². The van der Waals surface area contributed by atoms with Gasteiger partial charge in [0.1, 0.15) is 11.5 Å². The molecule has 2 rings (SSSR count). The van der Waals surface area contributed by atoms with Crippen molar-refractivity contribution in [3.05, 3.63) is 35.9 Å². The van der Waals surface area contributed by atoms with Gasteiger partial charge in [0.2, 0.25) is 0 Å². The van der Waals surface area contributed by atoms with Crippen molar-refractivity contribution in [2.24, 2.45) is 0 Å². The molecule has 1 aromatic carbocycles. The van der Waals surface area contributed by atoms with Crippen LogP contribution in [0.4, 0.5) is 0 Å². The third-order valence-corrected chi connectivity index (χ3v) is 3.28. The highest BCUT2D eigenvalue weighted by Gasteiger charge is 2.25. The number of imidazole rings is 1. The number of aromatic hydroxyl groups is 2. The Kier molecular flexibility index (Phi) is 3.27. The summed E-state index contributed by atoms with van der Waals surface area (Å²) >= 11 is 0. The second-order valence-electron chi connectivity index (χ2n) is 5.69. The summed E-state index contributed by atoms with van der Waals surface area (Å²) in [4.78, 5) is 4.01. The molecule has 1 aromatic heterocycles. The SMILES string of the molecule is CCc1c(O)cc(C(C)(C)C)c(O)c1-n1ccnc1. The van der Waals surface area contributed by atoms with Crippen molar-refractivity contribution in [2.75, 3.05) is 0 Å². The molecule has 0 atom stereocenters. The van der Waals surface area contributed by atoms with Gasteiger partial charge >= 0.3 is 0 Å². The monoisotopic (exact) mass is 260 g/mol. The molecule has 2 N–H and O–H groups in total. The average molecular weight is 260 g/mol. The van der Waals surface area contributed by atoms with Crippen LogP contribution in [0, 0.1) is 0 Å². The van der Waals surface area contributed by atoms with E-state index in [-0.39, 0.29) is 16.9 Å². The van der Waals surface area contributed by atoms with Gasteiger partial charge in [-0.05, 0) is 17.9 Å². The lowest BCUT2D eigenvalue weighted by Gasteiger charge is -2.24. The number of phenolic OH excluding ortho intramolecular Hbond substituents is 2. The van der Waals surface area contributed by atoms with Gasteiger partial charge in [-0.3, -0.25) is 0 Å². The van der Waals surface area contributed by atoms with Gasteiger partial charge in [0.15, 0.2) is 0 Å². The average Bonchev–Trinajstić information content (AvgIpc) is 2.82. The summed E-state index contributed by atoms with van der Waals surface area (Å²) in [5, 5.41) is 20.8. The zero-order valence-electron chi connectivity index (χ0n) is 11.8. The van der Waals surface area contributed by atoms with Crippen molar-refractivity contribution in [1.29, 1.82) is 0 Å². The molecule has 0 spiro atoms. The van der Waals surface area contributed by atoms with E-state index in [9.17, 15) is 10.2 Å². The largest absolute Gasteiger partial charge is 0.508 e. The molecular weight excluding hydrogens is 240 g/mol. The normalized spacial score (nSPS) is 11.8. The summed E-state index contributed by atoms with van der Waals surface area (Å²) in [6.07, 6.45) is 5.68. The maximum atomic E-state index is 10.6. The van der Waals surface area contributed by atoms with E-state index in [1.165, 1.54) is 0 Å². The van der Waals surface area contributed by atoms with Gasteiger partial charge in [-0.15, -0.1) is 0 Å². The number of nitrogens with zero attached hydrogens (tertiary/aromatic N) is 2. The highest BCUT2D eigenvalue weighted by atomic mass is 16.3. The summed E-state index contributed by atoms with van der Waals surface area (Å²) in [6.45, 7) is 7.96. The van der Waals surface area contributed by atoms with E-state index in [1.807, 2.05) is 27.7 Å². The molecule has 0 aliphatic heterocycles. The minimum absolute atomic E-state index is 0.208. The zero-order chi connectivity index (χ0) is 14.2. The van der Waals surface area contributed by atoms with E-state index < -0.39 is 0 Å². The van der Waals surface area contributed by atoms with Crippen molar-refractivity contribution in [2.45, 2.75) is 39.5 Å². The van der Waals surface area contributed by atoms with Gasteiger partial charge in [-0.1, -0.05) is 27.7 Å². The van der Waals surface area contributed by atoms with E-state index in [4.69, 9.17) is 0 Å². The molecule has 0 fully saturated rings. The second kappa shape index (κ2) is 4.61. The fraction of sp³-hybridized carbons (Fsp3) is 0.400. The summed E-state index contributed by atoms with van der Waals surface area (Å²) < 4.78 is 1.74. The predicted molar refractivity (Wildman–Crippen MR) is 75.0 cm³/mol. The van der Waals surface area contributed by atoms with Crippen molar-refractivity contribution in [3.8, 4) is 17.2 Å². The number of rotatable bonds is 2. The van der Waals surface area contributed by atoms with Crippen LogP contribution in [0.3, 0.4) is 0 Å². The van der Waals surface area contributed by atoms with Crippen molar-refractivity contribution < 1.29 is 10.2 Å². The number of aromatic nitrogens is 2. The summed E-state index contributed by atoms with van der Waals surface area (Å²) in [7, 11) is 0. The standard InChI is InChI=1S/C15H20N2O2/c1-5-10-12(18)8-11(15(2,3)4)14(19)13(10)17-7-6-16-9-17/h6-9,18-19H,5H2,1-4H3. The van der Waals surface area contributed by atoms with Crippen LogP contribution < -0.4 is 0 Å². The van der Waals surface area contributed by atoms with Crippen LogP contribution in [0.2, 0.25) is 0 Å². The Morgan fingerprint density at radius 1 is 1.26 bits per heavy atom. The van der Waals surface area contributed by atoms with Gasteiger partial charge in [-0.25, -0.2) is 4.98 Å². The molecule has 2 aromatic rings. The minimum atomic E-state index is -0.247. The smallest absolute Gasteiger partial charge is 0.143 e. The highest BCUT2D eigenvalue weighted by molar-refractivity contribution is 5.63. The van der Waals surface area contributed by atoms with Crippen LogP contribution in [-0.4, -0.2) is 19.8 Å². The number of hydrogen-bond acceptors (Lipinski definition) is 3. The molecule has 1 heterocycles. The fourth-order valence-corrected chi connectivity index (χ4v) is 2.27. The Bertz CT molecular complexity index is 581.